The Balaban J connectivity index is 1.88. The molecule has 5 nitrogen and oxygen atoms in total. The summed E-state index contributed by atoms with van der Waals surface area (Å²) in [5.41, 5.74) is 0.471. The molecule has 1 saturated carbocycles. The number of hydrogen-bond donors (Lipinski definition) is 2. The van der Waals surface area contributed by atoms with Crippen LogP contribution in [0.15, 0.2) is 22.7 Å². The van der Waals surface area contributed by atoms with E-state index in [4.69, 9.17) is 4.74 Å². The van der Waals surface area contributed by atoms with Gasteiger partial charge in [0.2, 0.25) is 0 Å². The molecular weight excluding hydrogens is 358 g/mol. The summed E-state index contributed by atoms with van der Waals surface area (Å²) in [6.45, 7) is 2.37. The van der Waals surface area contributed by atoms with Gasteiger partial charge in [0.1, 0.15) is 17.3 Å². The Labute approximate surface area is 145 Å². The normalized spacial score (nSPS) is 17.3. The lowest BCUT2D eigenvalue weighted by atomic mass is 10.00. The molecule has 0 aromatic heterocycles. The first-order chi connectivity index (χ1) is 11.0. The Morgan fingerprint density at radius 3 is 2.78 bits per heavy atom. The average Bonchev–Trinajstić information content (AvgIpc) is 3.01. The number of rotatable bonds is 6. The van der Waals surface area contributed by atoms with Gasteiger partial charge in [0, 0.05) is 5.56 Å². The van der Waals surface area contributed by atoms with E-state index < -0.39 is 5.54 Å². The van der Waals surface area contributed by atoms with Gasteiger partial charge < -0.3 is 15.4 Å². The smallest absolute Gasteiger partial charge is 0.276 e. The van der Waals surface area contributed by atoms with Crippen LogP contribution in [-0.2, 0) is 4.79 Å². The standard InChI is InChI=1S/C17H22BrN3O2/c1-12(13-5-6-15(23-2)14(18)9-13)20-10-16(22)21-17(11-19)7-3-4-8-17/h5-6,9,12,20H,3-4,7-8,10H2,1-2H3,(H,21,22)/p+1/t12-/m1/s1. The van der Waals surface area contributed by atoms with E-state index in [1.807, 2.05) is 23.5 Å². The van der Waals surface area contributed by atoms with Crippen molar-refractivity contribution in [2.24, 2.45) is 0 Å². The van der Waals surface area contributed by atoms with E-state index >= 15 is 0 Å². The van der Waals surface area contributed by atoms with Crippen LogP contribution in [0.5, 0.6) is 5.75 Å². The molecule has 0 bridgehead atoms. The Kier molecular flexibility index (Phi) is 6.03. The van der Waals surface area contributed by atoms with Gasteiger partial charge in [-0.3, -0.25) is 4.79 Å². The number of carbonyl (C=O) groups is 1. The van der Waals surface area contributed by atoms with Crippen molar-refractivity contribution >= 4 is 21.8 Å². The summed E-state index contributed by atoms with van der Waals surface area (Å²) < 4.78 is 6.12. The summed E-state index contributed by atoms with van der Waals surface area (Å²) in [4.78, 5) is 12.1. The Hall–Kier alpha value is -1.58. The first kappa shape index (κ1) is 17.8. The molecule has 1 fully saturated rings. The third-order valence-electron chi connectivity index (χ3n) is 4.41. The van der Waals surface area contributed by atoms with E-state index in [1.54, 1.807) is 7.11 Å². The van der Waals surface area contributed by atoms with Crippen molar-refractivity contribution in [1.82, 2.24) is 5.32 Å². The highest BCUT2D eigenvalue weighted by Crippen LogP contribution is 2.29. The highest BCUT2D eigenvalue weighted by atomic mass is 79.9. The quantitative estimate of drug-likeness (QED) is 0.792. The molecule has 3 N–H and O–H groups in total. The van der Waals surface area contributed by atoms with Gasteiger partial charge in [0.05, 0.1) is 17.7 Å². The second-order valence-corrected chi connectivity index (χ2v) is 6.93. The lowest BCUT2D eigenvalue weighted by molar-refractivity contribution is -0.682. The summed E-state index contributed by atoms with van der Waals surface area (Å²) in [7, 11) is 1.63. The predicted octanol–water partition coefficient (Wildman–Crippen LogP) is 2.03. The summed E-state index contributed by atoms with van der Waals surface area (Å²) in [6.07, 6.45) is 3.54. The topological polar surface area (TPSA) is 78.7 Å². The monoisotopic (exact) mass is 380 g/mol. The van der Waals surface area contributed by atoms with E-state index in [9.17, 15) is 10.1 Å². The predicted molar refractivity (Wildman–Crippen MR) is 90.9 cm³/mol. The third-order valence-corrected chi connectivity index (χ3v) is 5.03. The van der Waals surface area contributed by atoms with Gasteiger partial charge >= 0.3 is 0 Å². The maximum atomic E-state index is 12.1. The number of carbonyl (C=O) groups excluding carboxylic acids is 1. The van der Waals surface area contributed by atoms with Crippen LogP contribution in [0.2, 0.25) is 0 Å². The average molecular weight is 381 g/mol. The summed E-state index contributed by atoms with van der Waals surface area (Å²) in [5, 5.41) is 14.2. The summed E-state index contributed by atoms with van der Waals surface area (Å²) in [5.74, 6) is 0.712. The Morgan fingerprint density at radius 1 is 1.52 bits per heavy atom. The van der Waals surface area contributed by atoms with Crippen LogP contribution in [0.1, 0.15) is 44.2 Å². The van der Waals surface area contributed by atoms with Crippen LogP contribution in [0.3, 0.4) is 0 Å². The lowest BCUT2D eigenvalue weighted by Crippen LogP contribution is -2.87. The molecule has 0 saturated heterocycles. The van der Waals surface area contributed by atoms with E-state index in [0.717, 1.165) is 41.5 Å². The second-order valence-electron chi connectivity index (χ2n) is 6.07. The number of amides is 1. The summed E-state index contributed by atoms with van der Waals surface area (Å²) >= 11 is 3.48. The van der Waals surface area contributed by atoms with Crippen molar-refractivity contribution < 1.29 is 14.8 Å². The number of quaternary nitrogens is 1. The van der Waals surface area contributed by atoms with Gasteiger partial charge in [-0.05, 0) is 66.7 Å². The summed E-state index contributed by atoms with van der Waals surface area (Å²) in [6, 6.07) is 8.34. The van der Waals surface area contributed by atoms with Crippen LogP contribution >= 0.6 is 15.9 Å². The van der Waals surface area contributed by atoms with Gasteiger partial charge in [-0.1, -0.05) is 0 Å². The number of nitrogens with zero attached hydrogens (tertiary/aromatic N) is 1. The number of halogens is 1. The van der Waals surface area contributed by atoms with E-state index in [-0.39, 0.29) is 11.9 Å². The number of nitrogens with one attached hydrogen (secondary N) is 1. The molecule has 2 rings (SSSR count). The number of benzene rings is 1. The molecule has 6 heteroatoms. The molecule has 124 valence electrons. The number of hydrogen-bond acceptors (Lipinski definition) is 3. The molecule has 0 heterocycles. The second kappa shape index (κ2) is 7.80. The molecule has 23 heavy (non-hydrogen) atoms. The molecule has 1 aliphatic rings. The SMILES string of the molecule is COc1ccc([C@@H](C)[NH2+]CC(=O)NC2(C#N)CCCC2)cc1Br. The number of nitrogens with two attached hydrogens (primary N) is 1. The minimum absolute atomic E-state index is 0.0760. The van der Waals surface area contributed by atoms with Crippen molar-refractivity contribution in [2.75, 3.05) is 13.7 Å². The molecule has 1 atom stereocenters. The molecule has 0 spiro atoms. The minimum Gasteiger partial charge on any atom is -0.496 e. The molecule has 1 amide bonds. The number of methoxy groups -OCH3 is 1. The van der Waals surface area contributed by atoms with Crippen LogP contribution in [0, 0.1) is 11.3 Å². The maximum absolute atomic E-state index is 12.1. The zero-order chi connectivity index (χ0) is 16.9. The maximum Gasteiger partial charge on any atom is 0.276 e. The Morgan fingerprint density at radius 2 is 2.22 bits per heavy atom. The van der Waals surface area contributed by atoms with Gasteiger partial charge in [0.25, 0.3) is 5.91 Å². The first-order valence-corrected chi connectivity index (χ1v) is 8.68. The Bertz CT molecular complexity index is 606. The molecule has 0 radical (unpaired) electrons. The van der Waals surface area contributed by atoms with Gasteiger partial charge in [0.15, 0.2) is 6.54 Å². The molecule has 1 aliphatic carbocycles. The number of nitriles is 1. The number of ether oxygens (including phenoxy) is 1. The highest BCUT2D eigenvalue weighted by molar-refractivity contribution is 9.10. The van der Waals surface area contributed by atoms with Crippen LogP contribution < -0.4 is 15.4 Å². The van der Waals surface area contributed by atoms with Gasteiger partial charge in [-0.25, -0.2) is 0 Å². The molecule has 1 aromatic rings. The fraction of sp³-hybridized carbons (Fsp3) is 0.529. The van der Waals surface area contributed by atoms with Gasteiger partial charge in [-0.2, -0.15) is 5.26 Å². The zero-order valence-corrected chi connectivity index (χ0v) is 15.1. The first-order valence-electron chi connectivity index (χ1n) is 7.89. The molecular formula is C17H23BrN3O2+. The third kappa shape index (κ3) is 4.46. The van der Waals surface area contributed by atoms with Crippen molar-refractivity contribution in [3.8, 4) is 11.8 Å². The van der Waals surface area contributed by atoms with E-state index in [1.165, 1.54) is 0 Å². The lowest BCUT2D eigenvalue weighted by Gasteiger charge is -2.22. The van der Waals surface area contributed by atoms with Crippen molar-refractivity contribution in [3.05, 3.63) is 28.2 Å². The molecule has 0 aliphatic heterocycles. The zero-order valence-electron chi connectivity index (χ0n) is 13.6. The fourth-order valence-corrected chi connectivity index (χ4v) is 3.51. The van der Waals surface area contributed by atoms with Crippen LogP contribution in [-0.4, -0.2) is 25.1 Å². The minimum atomic E-state index is -0.642. The molecule has 0 unspecified atom stereocenters. The van der Waals surface area contributed by atoms with Crippen LogP contribution in [0.25, 0.3) is 0 Å². The highest BCUT2D eigenvalue weighted by Gasteiger charge is 2.35. The fourth-order valence-electron chi connectivity index (χ4n) is 2.95. The largest absolute Gasteiger partial charge is 0.496 e. The van der Waals surface area contributed by atoms with E-state index in [2.05, 4.69) is 34.2 Å². The van der Waals surface area contributed by atoms with Crippen molar-refractivity contribution in [2.45, 2.75) is 44.2 Å². The van der Waals surface area contributed by atoms with Crippen molar-refractivity contribution in [3.63, 3.8) is 0 Å². The van der Waals surface area contributed by atoms with Crippen molar-refractivity contribution in [1.29, 1.82) is 5.26 Å². The van der Waals surface area contributed by atoms with E-state index in [0.29, 0.717) is 6.54 Å². The molecule has 1 aromatic carbocycles. The van der Waals surface area contributed by atoms with Crippen LogP contribution in [0.4, 0.5) is 0 Å². The van der Waals surface area contributed by atoms with Gasteiger partial charge in [-0.15, -0.1) is 0 Å².